The molecule has 0 saturated heterocycles. The lowest BCUT2D eigenvalue weighted by atomic mass is 10.1. The molecule has 0 aliphatic rings. The number of halogens is 2. The van der Waals surface area contributed by atoms with Crippen LogP contribution in [0.25, 0.3) is 0 Å². The van der Waals surface area contributed by atoms with Crippen molar-refractivity contribution >= 4 is 36.7 Å². The summed E-state index contributed by atoms with van der Waals surface area (Å²) >= 11 is 12.0. The summed E-state index contributed by atoms with van der Waals surface area (Å²) < 4.78 is 24.0. The van der Waals surface area contributed by atoms with Gasteiger partial charge in [0, 0.05) is 13.5 Å². The van der Waals surface area contributed by atoms with Gasteiger partial charge in [-0.25, -0.2) is 5.06 Å². The number of hydrogen-bond acceptors (Lipinski definition) is 5. The zero-order valence-corrected chi connectivity index (χ0v) is 16.3. The summed E-state index contributed by atoms with van der Waals surface area (Å²) in [5, 5.41) is 10.9. The maximum absolute atomic E-state index is 13.2. The largest absolute Gasteiger partial charge is 0.338 e. The standard InChI is InChI=1S/C15H22Cl2NO5P/c1-4-22-24(21,23-5-2)15(8-9-18(20)11(3)19)12-6-7-13(16)14(17)10-12/h6-7,10,15,20H,4-5,8-9H2,1-3H3. The third-order valence-electron chi connectivity index (χ3n) is 3.31. The lowest BCUT2D eigenvalue weighted by molar-refractivity contribution is -0.162. The molecule has 1 aromatic carbocycles. The fraction of sp³-hybridized carbons (Fsp3) is 0.533. The Morgan fingerprint density at radius 1 is 1.25 bits per heavy atom. The Morgan fingerprint density at radius 2 is 1.83 bits per heavy atom. The van der Waals surface area contributed by atoms with Crippen molar-refractivity contribution in [2.45, 2.75) is 32.9 Å². The molecule has 0 spiro atoms. The van der Waals surface area contributed by atoms with Gasteiger partial charge in [-0.3, -0.25) is 14.6 Å². The molecule has 1 aromatic rings. The van der Waals surface area contributed by atoms with Crippen LogP contribution in [-0.2, 0) is 18.4 Å². The lowest BCUT2D eigenvalue weighted by Crippen LogP contribution is -2.27. The van der Waals surface area contributed by atoms with Gasteiger partial charge >= 0.3 is 7.60 Å². The molecule has 1 N–H and O–H groups in total. The van der Waals surface area contributed by atoms with E-state index in [1.54, 1.807) is 32.0 Å². The van der Waals surface area contributed by atoms with E-state index in [9.17, 15) is 14.6 Å². The number of rotatable bonds is 9. The number of hydrogen-bond donors (Lipinski definition) is 1. The molecule has 1 atom stereocenters. The van der Waals surface area contributed by atoms with Crippen LogP contribution in [0.1, 0.15) is 38.4 Å². The van der Waals surface area contributed by atoms with Crippen molar-refractivity contribution in [3.05, 3.63) is 33.8 Å². The first-order chi connectivity index (χ1) is 11.2. The highest BCUT2D eigenvalue weighted by atomic mass is 35.5. The Hall–Kier alpha value is -0.620. The molecule has 1 unspecified atom stereocenters. The van der Waals surface area contributed by atoms with E-state index in [1.165, 1.54) is 6.92 Å². The van der Waals surface area contributed by atoms with E-state index in [0.29, 0.717) is 20.7 Å². The van der Waals surface area contributed by atoms with Crippen LogP contribution >= 0.6 is 30.8 Å². The smallest absolute Gasteiger partial charge is 0.308 e. The van der Waals surface area contributed by atoms with Crippen LogP contribution in [0, 0.1) is 0 Å². The fourth-order valence-electron chi connectivity index (χ4n) is 2.21. The van der Waals surface area contributed by atoms with E-state index in [-0.39, 0.29) is 26.2 Å². The van der Waals surface area contributed by atoms with Gasteiger partial charge in [-0.05, 0) is 38.0 Å². The number of carbonyl (C=O) groups is 1. The second-order valence-electron chi connectivity index (χ2n) is 5.00. The van der Waals surface area contributed by atoms with Gasteiger partial charge in [0.05, 0.1) is 28.9 Å². The van der Waals surface area contributed by atoms with Crippen LogP contribution in [0.4, 0.5) is 0 Å². The summed E-state index contributed by atoms with van der Waals surface area (Å²) in [6, 6.07) is 4.86. The van der Waals surface area contributed by atoms with Crippen molar-refractivity contribution in [1.29, 1.82) is 0 Å². The first-order valence-corrected chi connectivity index (χ1v) is 9.92. The molecule has 0 radical (unpaired) electrons. The van der Waals surface area contributed by atoms with E-state index in [2.05, 4.69) is 0 Å². The van der Waals surface area contributed by atoms with Crippen LogP contribution < -0.4 is 0 Å². The molecule has 0 aliphatic heterocycles. The van der Waals surface area contributed by atoms with Gasteiger partial charge < -0.3 is 9.05 Å². The minimum Gasteiger partial charge on any atom is -0.308 e. The Kier molecular flexibility index (Phi) is 8.71. The number of benzene rings is 1. The van der Waals surface area contributed by atoms with Crippen molar-refractivity contribution in [3.8, 4) is 0 Å². The first kappa shape index (κ1) is 21.4. The zero-order chi connectivity index (χ0) is 18.3. The van der Waals surface area contributed by atoms with Crippen molar-refractivity contribution < 1.29 is 23.6 Å². The minimum atomic E-state index is -3.52. The van der Waals surface area contributed by atoms with Crippen LogP contribution in [0.5, 0.6) is 0 Å². The molecule has 6 nitrogen and oxygen atoms in total. The maximum Gasteiger partial charge on any atom is 0.338 e. The Bertz CT molecular complexity index is 604. The number of hydroxylamine groups is 2. The molecular weight excluding hydrogens is 376 g/mol. The average Bonchev–Trinajstić information content (AvgIpc) is 2.51. The zero-order valence-electron chi connectivity index (χ0n) is 13.9. The monoisotopic (exact) mass is 397 g/mol. The third kappa shape index (κ3) is 5.73. The highest BCUT2D eigenvalue weighted by molar-refractivity contribution is 7.54. The number of amides is 1. The molecule has 0 fully saturated rings. The highest BCUT2D eigenvalue weighted by Gasteiger charge is 2.37. The summed E-state index contributed by atoms with van der Waals surface area (Å²) in [6.07, 6.45) is 0.172. The van der Waals surface area contributed by atoms with E-state index < -0.39 is 19.2 Å². The SMILES string of the molecule is CCOP(=O)(OCC)C(CCN(O)C(C)=O)c1ccc(Cl)c(Cl)c1. The number of carbonyl (C=O) groups excluding carboxylic acids is 1. The Labute approximate surface area is 152 Å². The fourth-order valence-corrected chi connectivity index (χ4v) is 4.62. The molecule has 0 bridgehead atoms. The quantitative estimate of drug-likeness (QED) is 0.363. The van der Waals surface area contributed by atoms with Gasteiger partial charge in [0.15, 0.2) is 0 Å². The lowest BCUT2D eigenvalue weighted by Gasteiger charge is -2.28. The van der Waals surface area contributed by atoms with Gasteiger partial charge in [-0.15, -0.1) is 0 Å². The molecule has 1 rings (SSSR count). The third-order valence-corrected chi connectivity index (χ3v) is 6.60. The van der Waals surface area contributed by atoms with Crippen LogP contribution in [0.3, 0.4) is 0 Å². The molecule has 1 amide bonds. The van der Waals surface area contributed by atoms with Gasteiger partial charge in [0.25, 0.3) is 0 Å². The minimum absolute atomic E-state index is 0.0234. The summed E-state index contributed by atoms with van der Waals surface area (Å²) in [5.41, 5.74) is -0.0900. The van der Waals surface area contributed by atoms with Gasteiger partial charge in [-0.1, -0.05) is 29.3 Å². The summed E-state index contributed by atoms with van der Waals surface area (Å²) in [7, 11) is -3.52. The second-order valence-corrected chi connectivity index (χ2v) is 8.03. The Morgan fingerprint density at radius 3 is 2.29 bits per heavy atom. The van der Waals surface area contributed by atoms with Crippen molar-refractivity contribution in [1.82, 2.24) is 5.06 Å². The molecular formula is C15H22Cl2NO5P. The average molecular weight is 398 g/mol. The van der Waals surface area contributed by atoms with Crippen LogP contribution in [0.15, 0.2) is 18.2 Å². The molecule has 9 heteroatoms. The van der Waals surface area contributed by atoms with Gasteiger partial charge in [0.1, 0.15) is 0 Å². The van der Waals surface area contributed by atoms with Crippen LogP contribution in [-0.4, -0.2) is 35.9 Å². The second kappa shape index (κ2) is 9.76. The summed E-state index contributed by atoms with van der Waals surface area (Å²) in [6.45, 7) is 5.04. The predicted molar refractivity (Wildman–Crippen MR) is 93.9 cm³/mol. The van der Waals surface area contributed by atoms with Gasteiger partial charge in [0.2, 0.25) is 5.91 Å². The van der Waals surface area contributed by atoms with E-state index in [0.717, 1.165) is 0 Å². The highest BCUT2D eigenvalue weighted by Crippen LogP contribution is 2.62. The van der Waals surface area contributed by atoms with Gasteiger partial charge in [-0.2, -0.15) is 0 Å². The summed E-state index contributed by atoms with van der Waals surface area (Å²) in [4.78, 5) is 11.2. The predicted octanol–water partition coefficient (Wildman–Crippen LogP) is 4.93. The maximum atomic E-state index is 13.2. The molecule has 0 heterocycles. The van der Waals surface area contributed by atoms with Crippen molar-refractivity contribution in [2.24, 2.45) is 0 Å². The first-order valence-electron chi connectivity index (χ1n) is 7.55. The van der Waals surface area contributed by atoms with E-state index in [4.69, 9.17) is 32.2 Å². The molecule has 0 saturated carbocycles. The molecule has 0 aliphatic carbocycles. The van der Waals surface area contributed by atoms with E-state index in [1.807, 2.05) is 0 Å². The summed E-state index contributed by atoms with van der Waals surface area (Å²) in [5.74, 6) is -0.509. The topological polar surface area (TPSA) is 76.1 Å². The van der Waals surface area contributed by atoms with E-state index >= 15 is 0 Å². The molecule has 0 aromatic heterocycles. The molecule has 24 heavy (non-hydrogen) atoms. The number of nitrogens with zero attached hydrogens (tertiary/aromatic N) is 1. The van der Waals surface area contributed by atoms with Crippen molar-refractivity contribution in [2.75, 3.05) is 19.8 Å². The normalized spacial score (nSPS) is 12.9. The van der Waals surface area contributed by atoms with Crippen molar-refractivity contribution in [3.63, 3.8) is 0 Å². The van der Waals surface area contributed by atoms with Crippen LogP contribution in [0.2, 0.25) is 10.0 Å². The molecule has 136 valence electrons. The Balaban J connectivity index is 3.20.